The van der Waals surface area contributed by atoms with Gasteiger partial charge in [0.2, 0.25) is 0 Å². The van der Waals surface area contributed by atoms with Crippen LogP contribution in [-0.4, -0.2) is 0 Å². The lowest BCUT2D eigenvalue weighted by Gasteiger charge is -2.24. The molecule has 0 radical (unpaired) electrons. The third-order valence-corrected chi connectivity index (χ3v) is 6.82. The van der Waals surface area contributed by atoms with E-state index in [0.29, 0.717) is 0 Å². The maximum Gasteiger partial charge on any atom is 0.0409 e. The van der Waals surface area contributed by atoms with Gasteiger partial charge in [-0.1, -0.05) is 69.1 Å². The van der Waals surface area contributed by atoms with E-state index >= 15 is 0 Å². The van der Waals surface area contributed by atoms with Crippen molar-refractivity contribution in [2.45, 2.75) is 45.4 Å². The SMILES string of the molecule is Cc1ccc2c(c1)C(C)(C)c1cc3c(cc1-2)C(C)(C)c1cc(Cl)ccc1-3. The molecule has 130 valence electrons. The number of hydrogen-bond acceptors (Lipinski definition) is 0. The lowest BCUT2D eigenvalue weighted by Crippen LogP contribution is -2.17. The quantitative estimate of drug-likeness (QED) is 0.396. The number of benzene rings is 3. The maximum absolute atomic E-state index is 6.32. The van der Waals surface area contributed by atoms with Gasteiger partial charge in [-0.2, -0.15) is 0 Å². The minimum absolute atomic E-state index is 0.0256. The van der Waals surface area contributed by atoms with Gasteiger partial charge in [0.1, 0.15) is 0 Å². The molecule has 1 heteroatoms. The Balaban J connectivity index is 1.84. The first-order chi connectivity index (χ1) is 12.2. The molecule has 0 aliphatic heterocycles. The molecule has 0 saturated carbocycles. The summed E-state index contributed by atoms with van der Waals surface area (Å²) in [6.07, 6.45) is 0. The Hall–Kier alpha value is -2.05. The van der Waals surface area contributed by atoms with Crippen molar-refractivity contribution in [3.8, 4) is 22.3 Å². The van der Waals surface area contributed by atoms with Crippen molar-refractivity contribution in [1.29, 1.82) is 0 Å². The standard InChI is InChI=1S/C25H23Cl/c1-14-6-8-16-18-12-23-19(13-22(18)24(2,3)20(16)10-14)17-9-7-15(26)11-21(17)25(23,4)5/h6-13H,1-5H3. The molecule has 0 unspecified atom stereocenters. The summed E-state index contributed by atoms with van der Waals surface area (Å²) < 4.78 is 0. The van der Waals surface area contributed by atoms with Gasteiger partial charge in [0.25, 0.3) is 0 Å². The van der Waals surface area contributed by atoms with E-state index < -0.39 is 0 Å². The van der Waals surface area contributed by atoms with E-state index in [-0.39, 0.29) is 10.8 Å². The second-order valence-corrected chi connectivity index (χ2v) is 9.37. The number of rotatable bonds is 0. The summed E-state index contributed by atoms with van der Waals surface area (Å²) in [5.74, 6) is 0. The zero-order valence-electron chi connectivity index (χ0n) is 16.0. The average Bonchev–Trinajstić information content (AvgIpc) is 2.93. The Morgan fingerprint density at radius 2 is 1.04 bits per heavy atom. The highest BCUT2D eigenvalue weighted by Crippen LogP contribution is 2.56. The van der Waals surface area contributed by atoms with Crippen molar-refractivity contribution in [3.63, 3.8) is 0 Å². The van der Waals surface area contributed by atoms with Gasteiger partial charge in [0.15, 0.2) is 0 Å². The van der Waals surface area contributed by atoms with Crippen LogP contribution in [0.3, 0.4) is 0 Å². The third-order valence-electron chi connectivity index (χ3n) is 6.59. The van der Waals surface area contributed by atoms with Crippen molar-refractivity contribution >= 4 is 11.6 Å². The molecule has 2 aliphatic rings. The molecule has 0 aromatic heterocycles. The van der Waals surface area contributed by atoms with Gasteiger partial charge < -0.3 is 0 Å². The van der Waals surface area contributed by atoms with Crippen LogP contribution in [0.2, 0.25) is 5.02 Å². The van der Waals surface area contributed by atoms with E-state index in [1.807, 2.05) is 6.07 Å². The number of halogens is 1. The molecule has 0 heterocycles. The molecule has 0 saturated heterocycles. The molecule has 0 N–H and O–H groups in total. The van der Waals surface area contributed by atoms with Crippen LogP contribution in [0.15, 0.2) is 48.5 Å². The first kappa shape index (κ1) is 16.1. The van der Waals surface area contributed by atoms with Crippen LogP contribution in [0, 0.1) is 6.92 Å². The Labute approximate surface area is 160 Å². The fourth-order valence-electron chi connectivity index (χ4n) is 5.05. The highest BCUT2D eigenvalue weighted by molar-refractivity contribution is 6.30. The van der Waals surface area contributed by atoms with Gasteiger partial charge in [-0.25, -0.2) is 0 Å². The number of hydrogen-bond donors (Lipinski definition) is 0. The zero-order chi connectivity index (χ0) is 18.4. The first-order valence-electron chi connectivity index (χ1n) is 9.32. The number of aryl methyl sites for hydroxylation is 1. The Bertz CT molecular complexity index is 1010. The second-order valence-electron chi connectivity index (χ2n) is 8.93. The van der Waals surface area contributed by atoms with E-state index in [1.165, 1.54) is 50.1 Å². The van der Waals surface area contributed by atoms with Crippen molar-refractivity contribution in [3.05, 3.63) is 81.4 Å². The fourth-order valence-corrected chi connectivity index (χ4v) is 5.22. The van der Waals surface area contributed by atoms with Crippen LogP contribution >= 0.6 is 11.6 Å². The Kier molecular flexibility index (Phi) is 2.99. The summed E-state index contributed by atoms with van der Waals surface area (Å²) in [5, 5.41) is 0.818. The van der Waals surface area contributed by atoms with Gasteiger partial charge in [-0.3, -0.25) is 0 Å². The summed E-state index contributed by atoms with van der Waals surface area (Å²) in [6.45, 7) is 11.5. The molecule has 0 fully saturated rings. The third kappa shape index (κ3) is 1.86. The molecule has 0 nitrogen and oxygen atoms in total. The summed E-state index contributed by atoms with van der Waals surface area (Å²) >= 11 is 6.32. The minimum atomic E-state index is -0.0256. The van der Waals surface area contributed by atoms with Gasteiger partial charge in [0.05, 0.1) is 0 Å². The molecule has 0 amide bonds. The lowest BCUT2D eigenvalue weighted by atomic mass is 9.79. The van der Waals surface area contributed by atoms with Crippen LogP contribution in [0.5, 0.6) is 0 Å². The molecule has 5 rings (SSSR count). The monoisotopic (exact) mass is 358 g/mol. The average molecular weight is 359 g/mol. The fraction of sp³-hybridized carbons (Fsp3) is 0.280. The van der Waals surface area contributed by atoms with Crippen molar-refractivity contribution < 1.29 is 0 Å². The normalized spacial score (nSPS) is 17.5. The Morgan fingerprint density at radius 1 is 0.577 bits per heavy atom. The molecule has 0 bridgehead atoms. The van der Waals surface area contributed by atoms with E-state index in [9.17, 15) is 0 Å². The van der Waals surface area contributed by atoms with Crippen molar-refractivity contribution in [2.75, 3.05) is 0 Å². The molecular weight excluding hydrogens is 336 g/mol. The molecule has 26 heavy (non-hydrogen) atoms. The van der Waals surface area contributed by atoms with Gasteiger partial charge >= 0.3 is 0 Å². The molecule has 3 aromatic carbocycles. The van der Waals surface area contributed by atoms with Crippen LogP contribution < -0.4 is 0 Å². The Morgan fingerprint density at radius 3 is 1.62 bits per heavy atom. The zero-order valence-corrected chi connectivity index (χ0v) is 16.8. The highest BCUT2D eigenvalue weighted by Gasteiger charge is 2.41. The predicted molar refractivity (Wildman–Crippen MR) is 111 cm³/mol. The maximum atomic E-state index is 6.32. The molecule has 0 spiro atoms. The van der Waals surface area contributed by atoms with E-state index in [4.69, 9.17) is 11.6 Å². The van der Waals surface area contributed by atoms with E-state index in [0.717, 1.165) is 5.02 Å². The predicted octanol–water partition coefficient (Wildman–Crippen LogP) is 7.26. The summed E-state index contributed by atoms with van der Waals surface area (Å²) in [4.78, 5) is 0. The lowest BCUT2D eigenvalue weighted by molar-refractivity contribution is 0.652. The summed E-state index contributed by atoms with van der Waals surface area (Å²) in [6, 6.07) is 18.1. The van der Waals surface area contributed by atoms with Gasteiger partial charge in [-0.05, 0) is 75.7 Å². The van der Waals surface area contributed by atoms with Crippen molar-refractivity contribution in [2.24, 2.45) is 0 Å². The first-order valence-corrected chi connectivity index (χ1v) is 9.70. The van der Waals surface area contributed by atoms with Crippen LogP contribution in [-0.2, 0) is 10.8 Å². The van der Waals surface area contributed by atoms with E-state index in [1.54, 1.807) is 0 Å². The largest absolute Gasteiger partial charge is 0.0843 e. The van der Waals surface area contributed by atoms with Crippen molar-refractivity contribution in [1.82, 2.24) is 0 Å². The summed E-state index contributed by atoms with van der Waals surface area (Å²) in [5.41, 5.74) is 12.5. The summed E-state index contributed by atoms with van der Waals surface area (Å²) in [7, 11) is 0. The molecular formula is C25H23Cl. The minimum Gasteiger partial charge on any atom is -0.0843 e. The van der Waals surface area contributed by atoms with Crippen LogP contribution in [0.25, 0.3) is 22.3 Å². The van der Waals surface area contributed by atoms with Crippen LogP contribution in [0.4, 0.5) is 0 Å². The topological polar surface area (TPSA) is 0 Å². The smallest absolute Gasteiger partial charge is 0.0409 e. The molecule has 0 atom stereocenters. The van der Waals surface area contributed by atoms with Gasteiger partial charge in [-0.15, -0.1) is 0 Å². The highest BCUT2D eigenvalue weighted by atomic mass is 35.5. The van der Waals surface area contributed by atoms with Crippen LogP contribution in [0.1, 0.15) is 55.5 Å². The second kappa shape index (κ2) is 4.81. The van der Waals surface area contributed by atoms with E-state index in [2.05, 4.69) is 77.1 Å². The number of fused-ring (bicyclic) bond motifs is 6. The van der Waals surface area contributed by atoms with Gasteiger partial charge in [0, 0.05) is 15.9 Å². The molecule has 3 aromatic rings. The molecule has 2 aliphatic carbocycles.